The zero-order chi connectivity index (χ0) is 25.8. The molecular formula is C27H34FN3O5. The fraction of sp³-hybridized carbons (Fsp3) is 0.444. The van der Waals surface area contributed by atoms with Gasteiger partial charge < -0.3 is 25.0 Å². The number of amides is 3. The van der Waals surface area contributed by atoms with E-state index in [2.05, 4.69) is 10.6 Å². The fourth-order valence-electron chi connectivity index (χ4n) is 4.17. The number of unbranched alkanes of at least 4 members (excludes halogenated alkanes) is 1. The lowest BCUT2D eigenvalue weighted by Gasteiger charge is -2.28. The summed E-state index contributed by atoms with van der Waals surface area (Å²) in [6.07, 6.45) is 2.26. The zero-order valence-electron chi connectivity index (χ0n) is 20.6. The standard InChI is InChI=1S/C27H34FN3O5/c1-35-17-6-5-15-29-25(32)24-10-7-16-31(24)26(33)23(18-20-11-13-22(28)14-12-20)30-27(34)36-19-21-8-3-2-4-9-21/h2-4,8-9,11-14,23-24H,5-7,10,15-19H2,1H3,(H,29,32)(H,30,34)/t23-,24+/m1/s1. The molecule has 0 aromatic heterocycles. The summed E-state index contributed by atoms with van der Waals surface area (Å²) in [6, 6.07) is 13.4. The predicted molar refractivity (Wildman–Crippen MR) is 133 cm³/mol. The highest BCUT2D eigenvalue weighted by Crippen LogP contribution is 2.20. The monoisotopic (exact) mass is 499 g/mol. The minimum Gasteiger partial charge on any atom is -0.445 e. The lowest BCUT2D eigenvalue weighted by atomic mass is 10.0. The number of halogens is 1. The van der Waals surface area contributed by atoms with Crippen LogP contribution in [-0.4, -0.2) is 61.7 Å². The summed E-state index contributed by atoms with van der Waals surface area (Å²) in [5.74, 6) is -0.961. The third-order valence-electron chi connectivity index (χ3n) is 6.07. The number of rotatable bonds is 12. The molecule has 2 aromatic rings. The minimum atomic E-state index is -0.964. The Morgan fingerprint density at radius 1 is 1.06 bits per heavy atom. The maximum absolute atomic E-state index is 13.5. The van der Waals surface area contributed by atoms with E-state index in [1.165, 1.54) is 17.0 Å². The molecule has 9 heteroatoms. The Bertz CT molecular complexity index is 987. The molecule has 0 unspecified atom stereocenters. The summed E-state index contributed by atoms with van der Waals surface area (Å²) in [6.45, 7) is 1.61. The second-order valence-electron chi connectivity index (χ2n) is 8.77. The minimum absolute atomic E-state index is 0.0575. The first-order valence-electron chi connectivity index (χ1n) is 12.3. The number of nitrogens with one attached hydrogen (secondary N) is 2. The number of benzene rings is 2. The molecule has 2 N–H and O–H groups in total. The van der Waals surface area contributed by atoms with E-state index < -0.39 is 24.0 Å². The van der Waals surface area contributed by atoms with Crippen molar-refractivity contribution < 1.29 is 28.2 Å². The molecule has 0 aliphatic carbocycles. The second-order valence-corrected chi connectivity index (χ2v) is 8.77. The SMILES string of the molecule is COCCCCNC(=O)[C@@H]1CCCN1C(=O)[C@@H](Cc1ccc(F)cc1)NC(=O)OCc1ccccc1. The first kappa shape index (κ1) is 27.1. The highest BCUT2D eigenvalue weighted by molar-refractivity contribution is 5.92. The number of nitrogens with zero attached hydrogens (tertiary/aromatic N) is 1. The molecule has 1 aliphatic rings. The van der Waals surface area contributed by atoms with Gasteiger partial charge in [0.05, 0.1) is 0 Å². The van der Waals surface area contributed by atoms with Gasteiger partial charge in [-0.2, -0.15) is 0 Å². The molecule has 0 saturated carbocycles. The van der Waals surface area contributed by atoms with E-state index in [9.17, 15) is 18.8 Å². The van der Waals surface area contributed by atoms with Crippen molar-refractivity contribution in [1.82, 2.24) is 15.5 Å². The Balaban J connectivity index is 1.65. The van der Waals surface area contributed by atoms with Gasteiger partial charge in [0, 0.05) is 33.2 Å². The molecule has 2 aromatic carbocycles. The van der Waals surface area contributed by atoms with Gasteiger partial charge in [-0.3, -0.25) is 9.59 Å². The van der Waals surface area contributed by atoms with Gasteiger partial charge in [0.1, 0.15) is 24.5 Å². The van der Waals surface area contributed by atoms with Crippen LogP contribution in [0.4, 0.5) is 9.18 Å². The molecule has 0 bridgehead atoms. The Labute approximate surface area is 211 Å². The number of carbonyl (C=O) groups excluding carboxylic acids is 3. The van der Waals surface area contributed by atoms with Gasteiger partial charge in [0.2, 0.25) is 11.8 Å². The molecule has 3 amide bonds. The number of hydrogen-bond acceptors (Lipinski definition) is 5. The Kier molecular flexibility index (Phi) is 10.7. The van der Waals surface area contributed by atoms with Crippen LogP contribution < -0.4 is 10.6 Å². The van der Waals surface area contributed by atoms with Crippen LogP contribution in [0.3, 0.4) is 0 Å². The van der Waals surface area contributed by atoms with Crippen LogP contribution in [-0.2, 0) is 32.1 Å². The summed E-state index contributed by atoms with van der Waals surface area (Å²) in [7, 11) is 1.63. The van der Waals surface area contributed by atoms with E-state index >= 15 is 0 Å². The molecule has 3 rings (SSSR count). The Morgan fingerprint density at radius 2 is 1.81 bits per heavy atom. The molecule has 2 atom stereocenters. The molecule has 1 aliphatic heterocycles. The number of hydrogen-bond donors (Lipinski definition) is 2. The van der Waals surface area contributed by atoms with E-state index in [0.29, 0.717) is 38.1 Å². The van der Waals surface area contributed by atoms with Crippen LogP contribution in [0.15, 0.2) is 54.6 Å². The highest BCUT2D eigenvalue weighted by Gasteiger charge is 2.37. The number of ether oxygens (including phenoxy) is 2. The first-order chi connectivity index (χ1) is 17.5. The molecule has 0 spiro atoms. The summed E-state index contributed by atoms with van der Waals surface area (Å²) < 4.78 is 23.7. The molecule has 0 radical (unpaired) electrons. The van der Waals surface area contributed by atoms with Crippen LogP contribution >= 0.6 is 0 Å². The van der Waals surface area contributed by atoms with Crippen molar-refractivity contribution in [3.63, 3.8) is 0 Å². The summed E-state index contributed by atoms with van der Waals surface area (Å²) in [5.41, 5.74) is 1.49. The summed E-state index contributed by atoms with van der Waals surface area (Å²) in [4.78, 5) is 40.4. The van der Waals surface area contributed by atoms with Gasteiger partial charge in [0.15, 0.2) is 0 Å². The normalized spacial score (nSPS) is 15.8. The molecule has 1 saturated heterocycles. The van der Waals surface area contributed by atoms with Gasteiger partial charge in [0.25, 0.3) is 0 Å². The number of likely N-dealkylation sites (tertiary alicyclic amines) is 1. The lowest BCUT2D eigenvalue weighted by Crippen LogP contribution is -2.54. The van der Waals surface area contributed by atoms with Crippen LogP contribution in [0, 0.1) is 5.82 Å². The van der Waals surface area contributed by atoms with Crippen molar-refractivity contribution in [2.75, 3.05) is 26.8 Å². The fourth-order valence-corrected chi connectivity index (χ4v) is 4.17. The van der Waals surface area contributed by atoms with Crippen LogP contribution in [0.2, 0.25) is 0 Å². The molecule has 36 heavy (non-hydrogen) atoms. The first-order valence-corrected chi connectivity index (χ1v) is 12.3. The number of carbonyl (C=O) groups is 3. The van der Waals surface area contributed by atoms with E-state index in [4.69, 9.17) is 9.47 Å². The van der Waals surface area contributed by atoms with Crippen molar-refractivity contribution in [3.8, 4) is 0 Å². The largest absolute Gasteiger partial charge is 0.445 e. The van der Waals surface area contributed by atoms with Gasteiger partial charge >= 0.3 is 6.09 Å². The van der Waals surface area contributed by atoms with E-state index in [0.717, 1.165) is 18.4 Å². The molecule has 1 heterocycles. The average molecular weight is 500 g/mol. The highest BCUT2D eigenvalue weighted by atomic mass is 19.1. The quantitative estimate of drug-likeness (QED) is 0.437. The lowest BCUT2D eigenvalue weighted by molar-refractivity contribution is -0.139. The Hall–Kier alpha value is -3.46. The van der Waals surface area contributed by atoms with Crippen molar-refractivity contribution >= 4 is 17.9 Å². The zero-order valence-corrected chi connectivity index (χ0v) is 20.6. The molecule has 194 valence electrons. The third kappa shape index (κ3) is 8.34. The van der Waals surface area contributed by atoms with Crippen molar-refractivity contribution in [2.24, 2.45) is 0 Å². The van der Waals surface area contributed by atoms with Crippen molar-refractivity contribution in [2.45, 2.75) is 50.8 Å². The third-order valence-corrected chi connectivity index (χ3v) is 6.07. The van der Waals surface area contributed by atoms with Crippen molar-refractivity contribution in [1.29, 1.82) is 0 Å². The smallest absolute Gasteiger partial charge is 0.408 e. The number of alkyl carbamates (subject to hydrolysis) is 1. The Morgan fingerprint density at radius 3 is 2.53 bits per heavy atom. The topological polar surface area (TPSA) is 97.0 Å². The van der Waals surface area contributed by atoms with Crippen LogP contribution in [0.5, 0.6) is 0 Å². The molecular weight excluding hydrogens is 465 g/mol. The predicted octanol–water partition coefficient (Wildman–Crippen LogP) is 3.20. The van der Waals surface area contributed by atoms with E-state index in [1.807, 2.05) is 30.3 Å². The molecule has 8 nitrogen and oxygen atoms in total. The summed E-state index contributed by atoms with van der Waals surface area (Å²) in [5, 5.41) is 5.56. The van der Waals surface area contributed by atoms with Crippen molar-refractivity contribution in [3.05, 3.63) is 71.5 Å². The van der Waals surface area contributed by atoms with Crippen LogP contribution in [0.25, 0.3) is 0 Å². The average Bonchev–Trinajstić information content (AvgIpc) is 3.38. The van der Waals surface area contributed by atoms with Gasteiger partial charge in [-0.05, 0) is 48.9 Å². The van der Waals surface area contributed by atoms with E-state index in [1.54, 1.807) is 19.2 Å². The van der Waals surface area contributed by atoms with E-state index in [-0.39, 0.29) is 24.8 Å². The van der Waals surface area contributed by atoms with Gasteiger partial charge in [-0.25, -0.2) is 9.18 Å². The second kappa shape index (κ2) is 14.2. The van der Waals surface area contributed by atoms with Gasteiger partial charge in [-0.15, -0.1) is 0 Å². The maximum Gasteiger partial charge on any atom is 0.408 e. The van der Waals surface area contributed by atoms with Crippen LogP contribution in [0.1, 0.15) is 36.8 Å². The summed E-state index contributed by atoms with van der Waals surface area (Å²) >= 11 is 0. The maximum atomic E-state index is 13.5. The van der Waals surface area contributed by atoms with Gasteiger partial charge in [-0.1, -0.05) is 42.5 Å². The number of methoxy groups -OCH3 is 1. The molecule has 1 fully saturated rings.